The molecule has 2 atom stereocenters. The number of aliphatic hydroxyl groups is 2. The number of hydrogen-bond donors (Lipinski definition) is 2. The van der Waals surface area contributed by atoms with E-state index >= 15 is 0 Å². The molecular weight excluding hydrogens is 608 g/mol. The van der Waals surface area contributed by atoms with E-state index < -0.39 is 12.2 Å². The molecule has 0 saturated carbocycles. The second-order valence-electron chi connectivity index (χ2n) is 12.9. The van der Waals surface area contributed by atoms with Gasteiger partial charge in [-0.15, -0.1) is 0 Å². The predicted octanol–water partition coefficient (Wildman–Crippen LogP) is 9.30. The van der Waals surface area contributed by atoms with Gasteiger partial charge in [0.15, 0.2) is 23.0 Å². The predicted molar refractivity (Wildman–Crippen MR) is 192 cm³/mol. The van der Waals surface area contributed by atoms with Gasteiger partial charge in [0.2, 0.25) is 0 Å². The van der Waals surface area contributed by atoms with Gasteiger partial charge in [-0.1, -0.05) is 116 Å². The number of aliphatic hydroxyl groups excluding tert-OH is 2. The summed E-state index contributed by atoms with van der Waals surface area (Å²) in [7, 11) is 0. The first-order chi connectivity index (χ1) is 23.6. The van der Waals surface area contributed by atoms with Crippen LogP contribution in [0, 0.1) is 0 Å². The van der Waals surface area contributed by atoms with Crippen LogP contribution in [0.25, 0.3) is 0 Å². The summed E-state index contributed by atoms with van der Waals surface area (Å²) in [6, 6.07) is 11.3. The van der Waals surface area contributed by atoms with E-state index in [1.54, 1.807) is 0 Å². The van der Waals surface area contributed by atoms with E-state index in [9.17, 15) is 10.2 Å². The number of unbranched alkanes of at least 4 members (excludes halogenated alkanes) is 12. The molecule has 0 aromatic heterocycles. The molecule has 0 spiro atoms. The van der Waals surface area contributed by atoms with E-state index in [-0.39, 0.29) is 0 Å². The topological polar surface area (TPSA) is 95.8 Å². The maximum absolute atomic E-state index is 10.9. The number of ether oxygens (including phenoxy) is 6. The highest BCUT2D eigenvalue weighted by atomic mass is 16.6. The summed E-state index contributed by atoms with van der Waals surface area (Å²) >= 11 is 0. The van der Waals surface area contributed by atoms with Crippen molar-refractivity contribution in [2.24, 2.45) is 0 Å². The van der Waals surface area contributed by atoms with E-state index in [1.165, 1.54) is 64.2 Å². The third-order valence-corrected chi connectivity index (χ3v) is 8.81. The molecule has 0 bridgehead atoms. The second-order valence-corrected chi connectivity index (χ2v) is 12.9. The summed E-state index contributed by atoms with van der Waals surface area (Å²) in [6.07, 6.45) is 17.4. The monoisotopic (exact) mass is 672 g/mol. The Morgan fingerprint density at radius 3 is 1.15 bits per heavy atom. The second kappa shape index (κ2) is 25.5. The molecule has 1 heterocycles. The molecule has 0 fully saturated rings. The van der Waals surface area contributed by atoms with Crippen LogP contribution in [-0.4, -0.2) is 63.1 Å². The molecule has 0 radical (unpaired) electrons. The minimum Gasteiger partial charge on any atom is -0.487 e. The van der Waals surface area contributed by atoms with Crippen molar-refractivity contribution in [3.8, 4) is 23.0 Å². The van der Waals surface area contributed by atoms with E-state index in [4.69, 9.17) is 28.4 Å². The molecule has 0 amide bonds. The van der Waals surface area contributed by atoms with Crippen molar-refractivity contribution in [2.75, 3.05) is 52.9 Å². The zero-order chi connectivity index (χ0) is 34.1. The summed E-state index contributed by atoms with van der Waals surface area (Å²) in [6.45, 7) is 7.37. The van der Waals surface area contributed by atoms with E-state index in [2.05, 4.69) is 13.8 Å². The maximum Gasteiger partial charge on any atom is 0.161 e. The number of benzene rings is 2. The van der Waals surface area contributed by atoms with Crippen LogP contribution in [-0.2, 0) is 9.47 Å². The highest BCUT2D eigenvalue weighted by Gasteiger charge is 2.15. The Hall–Kier alpha value is -2.52. The summed E-state index contributed by atoms with van der Waals surface area (Å²) in [5, 5.41) is 21.7. The molecule has 0 saturated heterocycles. The Morgan fingerprint density at radius 2 is 0.771 bits per heavy atom. The highest BCUT2D eigenvalue weighted by Crippen LogP contribution is 2.34. The van der Waals surface area contributed by atoms with Crippen molar-refractivity contribution in [1.82, 2.24) is 0 Å². The van der Waals surface area contributed by atoms with Crippen LogP contribution < -0.4 is 18.9 Å². The first-order valence-corrected chi connectivity index (χ1v) is 18.9. The number of rotatable bonds is 18. The Labute approximate surface area is 290 Å². The van der Waals surface area contributed by atoms with Crippen LogP contribution in [0.4, 0.5) is 0 Å². The van der Waals surface area contributed by atoms with Crippen LogP contribution in [0.2, 0.25) is 0 Å². The molecule has 2 N–H and O–H groups in total. The number of hydrogen-bond acceptors (Lipinski definition) is 8. The Morgan fingerprint density at radius 1 is 0.438 bits per heavy atom. The lowest BCUT2D eigenvalue weighted by atomic mass is 10.0. The summed E-state index contributed by atoms with van der Waals surface area (Å²) < 4.78 is 35.8. The van der Waals surface area contributed by atoms with E-state index in [0.717, 1.165) is 49.7 Å². The molecule has 48 heavy (non-hydrogen) atoms. The van der Waals surface area contributed by atoms with Crippen LogP contribution in [0.1, 0.15) is 140 Å². The smallest absolute Gasteiger partial charge is 0.161 e. The fraction of sp³-hybridized carbons (Fsp3) is 0.700. The zero-order valence-electron chi connectivity index (χ0n) is 29.9. The minimum absolute atomic E-state index is 0.337. The van der Waals surface area contributed by atoms with Crippen molar-refractivity contribution >= 4 is 0 Å². The fourth-order valence-electron chi connectivity index (χ4n) is 5.90. The lowest BCUT2D eigenvalue weighted by Crippen LogP contribution is -2.15. The van der Waals surface area contributed by atoms with Gasteiger partial charge in [-0.05, 0) is 48.2 Å². The van der Waals surface area contributed by atoms with Gasteiger partial charge >= 0.3 is 0 Å². The lowest BCUT2D eigenvalue weighted by Gasteiger charge is -2.18. The first-order valence-electron chi connectivity index (χ1n) is 18.9. The molecule has 3 rings (SSSR count). The summed E-state index contributed by atoms with van der Waals surface area (Å²) in [4.78, 5) is 0. The third kappa shape index (κ3) is 16.3. The average molecular weight is 673 g/mol. The van der Waals surface area contributed by atoms with Crippen LogP contribution in [0.15, 0.2) is 36.4 Å². The molecule has 8 heteroatoms. The van der Waals surface area contributed by atoms with Gasteiger partial charge in [0.25, 0.3) is 0 Å². The van der Waals surface area contributed by atoms with Crippen LogP contribution in [0.5, 0.6) is 23.0 Å². The fourth-order valence-corrected chi connectivity index (χ4v) is 5.90. The summed E-state index contributed by atoms with van der Waals surface area (Å²) in [5.41, 5.74) is 1.67. The largest absolute Gasteiger partial charge is 0.487 e. The molecule has 2 aromatic rings. The third-order valence-electron chi connectivity index (χ3n) is 8.81. The molecule has 8 nitrogen and oxygen atoms in total. The molecule has 0 aliphatic carbocycles. The molecule has 272 valence electrons. The van der Waals surface area contributed by atoms with Gasteiger partial charge < -0.3 is 38.6 Å². The quantitative estimate of drug-likeness (QED) is 0.151. The van der Waals surface area contributed by atoms with Gasteiger partial charge in [0, 0.05) is 0 Å². The van der Waals surface area contributed by atoms with Gasteiger partial charge in [0.05, 0.1) is 38.6 Å². The van der Waals surface area contributed by atoms with Crippen molar-refractivity contribution in [2.45, 2.75) is 129 Å². The standard InChI is InChI=1S/C40H64O8/c1-3-5-7-9-11-13-15-17-35(41)33-19-21-37-39(31-33)47-29-25-43-24-28-46-38-22-20-34(32-40(38)48-30-26-44-23-27-45-37)36(42)18-16-14-12-10-8-6-4-2/h19-22,31-32,35-36,41-42H,3-18,23-30H2,1-2H3/t35-,36-/m0/s1. The van der Waals surface area contributed by atoms with Crippen molar-refractivity contribution < 1.29 is 38.6 Å². The van der Waals surface area contributed by atoms with Gasteiger partial charge in [-0.25, -0.2) is 0 Å². The Bertz CT molecular complexity index is 1010. The normalized spacial score (nSPS) is 16.1. The SMILES string of the molecule is CCCCCCCCC[C@H](O)c1ccc2c(c1)OCCOCCOc1ccc([C@@H](O)CCCCCCCCC)cc1OCCOCCO2. The van der Waals surface area contributed by atoms with E-state index in [0.29, 0.717) is 75.9 Å². The van der Waals surface area contributed by atoms with Gasteiger partial charge in [-0.3, -0.25) is 0 Å². The van der Waals surface area contributed by atoms with Crippen LogP contribution in [0.3, 0.4) is 0 Å². The lowest BCUT2D eigenvalue weighted by molar-refractivity contribution is 0.0637. The zero-order valence-corrected chi connectivity index (χ0v) is 29.9. The van der Waals surface area contributed by atoms with Crippen molar-refractivity contribution in [3.05, 3.63) is 47.5 Å². The Balaban J connectivity index is 1.49. The van der Waals surface area contributed by atoms with Crippen molar-refractivity contribution in [3.63, 3.8) is 0 Å². The first kappa shape index (κ1) is 39.9. The summed E-state index contributed by atoms with van der Waals surface area (Å²) in [5.74, 6) is 2.41. The molecule has 1 aliphatic heterocycles. The highest BCUT2D eigenvalue weighted by molar-refractivity contribution is 5.44. The van der Waals surface area contributed by atoms with Crippen molar-refractivity contribution in [1.29, 1.82) is 0 Å². The molecular formula is C40H64O8. The molecule has 0 unspecified atom stereocenters. The van der Waals surface area contributed by atoms with E-state index in [1.807, 2.05) is 36.4 Å². The average Bonchev–Trinajstić information content (AvgIpc) is 3.10. The van der Waals surface area contributed by atoms with Crippen LogP contribution >= 0.6 is 0 Å². The molecule has 2 aromatic carbocycles. The molecule has 1 aliphatic rings. The number of fused-ring (bicyclic) bond motifs is 2. The maximum atomic E-state index is 10.9. The van der Waals surface area contributed by atoms with Gasteiger partial charge in [-0.2, -0.15) is 0 Å². The van der Waals surface area contributed by atoms with Gasteiger partial charge in [0.1, 0.15) is 26.4 Å². The Kier molecular flexibility index (Phi) is 21.2. The minimum atomic E-state index is -0.536.